The van der Waals surface area contributed by atoms with E-state index in [-0.39, 0.29) is 0 Å². The summed E-state index contributed by atoms with van der Waals surface area (Å²) in [6.45, 7) is 2.06. The highest BCUT2D eigenvalue weighted by atomic mass is 16.5. The van der Waals surface area contributed by atoms with Crippen molar-refractivity contribution in [1.29, 1.82) is 0 Å². The first-order chi connectivity index (χ1) is 12.3. The summed E-state index contributed by atoms with van der Waals surface area (Å²) in [5.41, 5.74) is 4.34. The van der Waals surface area contributed by atoms with E-state index in [1.54, 1.807) is 7.11 Å². The molecule has 0 fully saturated rings. The summed E-state index contributed by atoms with van der Waals surface area (Å²) in [4.78, 5) is 0. The van der Waals surface area contributed by atoms with Crippen LogP contribution in [0.25, 0.3) is 0 Å². The van der Waals surface area contributed by atoms with Gasteiger partial charge in [0.2, 0.25) is 0 Å². The van der Waals surface area contributed by atoms with Crippen molar-refractivity contribution < 1.29 is 4.74 Å². The molecule has 0 saturated heterocycles. The van der Waals surface area contributed by atoms with Crippen LogP contribution in [0.15, 0.2) is 90.0 Å². The molecule has 0 spiro atoms. The van der Waals surface area contributed by atoms with Gasteiger partial charge in [0.05, 0.1) is 18.5 Å². The van der Waals surface area contributed by atoms with Gasteiger partial charge in [-0.2, -0.15) is 5.10 Å². The zero-order valence-corrected chi connectivity index (χ0v) is 14.6. The van der Waals surface area contributed by atoms with Crippen LogP contribution in [0.3, 0.4) is 0 Å². The molecule has 0 amide bonds. The Morgan fingerprint density at radius 3 is 1.80 bits per heavy atom. The summed E-state index contributed by atoms with van der Waals surface area (Å²) in [6, 6.07) is 28.5. The number of para-hydroxylation sites is 2. The number of hydrazone groups is 1. The van der Waals surface area contributed by atoms with Gasteiger partial charge in [-0.3, -0.25) is 0 Å². The van der Waals surface area contributed by atoms with Gasteiger partial charge in [0, 0.05) is 12.1 Å². The zero-order valence-electron chi connectivity index (χ0n) is 14.6. The minimum atomic E-state index is 0.792. The van der Waals surface area contributed by atoms with Gasteiger partial charge < -0.3 is 4.74 Å². The van der Waals surface area contributed by atoms with Gasteiger partial charge >= 0.3 is 0 Å². The fourth-order valence-corrected chi connectivity index (χ4v) is 2.65. The molecule has 0 unspecified atom stereocenters. The first kappa shape index (κ1) is 16.8. The van der Waals surface area contributed by atoms with Crippen LogP contribution >= 0.6 is 0 Å². The fraction of sp³-hybridized carbons (Fsp3) is 0.136. The maximum atomic E-state index is 5.22. The van der Waals surface area contributed by atoms with Crippen LogP contribution < -0.4 is 9.75 Å². The van der Waals surface area contributed by atoms with Gasteiger partial charge in [-0.15, -0.1) is 0 Å². The Labute approximate surface area is 149 Å². The normalized spacial score (nSPS) is 11.2. The Morgan fingerprint density at radius 1 is 0.800 bits per heavy atom. The van der Waals surface area contributed by atoms with E-state index in [4.69, 9.17) is 9.84 Å². The summed E-state index contributed by atoms with van der Waals surface area (Å²) in [6.07, 6.45) is 0.792. The van der Waals surface area contributed by atoms with Gasteiger partial charge in [0.15, 0.2) is 0 Å². The first-order valence-electron chi connectivity index (χ1n) is 8.33. The molecule has 3 aromatic rings. The number of rotatable bonds is 6. The van der Waals surface area contributed by atoms with Crippen LogP contribution in [0.5, 0.6) is 5.75 Å². The summed E-state index contributed by atoms with van der Waals surface area (Å²) >= 11 is 0. The van der Waals surface area contributed by atoms with Crippen molar-refractivity contribution in [1.82, 2.24) is 0 Å². The van der Waals surface area contributed by atoms with E-state index in [1.165, 1.54) is 5.56 Å². The quantitative estimate of drug-likeness (QED) is 0.443. The van der Waals surface area contributed by atoms with E-state index in [9.17, 15) is 0 Å². The van der Waals surface area contributed by atoms with Gasteiger partial charge in [-0.05, 0) is 48.9 Å². The van der Waals surface area contributed by atoms with Crippen LogP contribution in [0, 0.1) is 0 Å². The Bertz CT molecular complexity index is 772. The highest BCUT2D eigenvalue weighted by Gasteiger charge is 2.08. The van der Waals surface area contributed by atoms with E-state index in [2.05, 4.69) is 43.3 Å². The molecule has 3 heteroatoms. The van der Waals surface area contributed by atoms with Crippen molar-refractivity contribution in [2.75, 3.05) is 12.1 Å². The highest BCUT2D eigenvalue weighted by molar-refractivity contribution is 5.86. The predicted octanol–water partition coefficient (Wildman–Crippen LogP) is 5.45. The standard InChI is InChI=1S/C22H22N2O/c1-18(17-19-13-15-22(25-2)16-14-19)23-24(20-9-5-3-6-10-20)21-11-7-4-8-12-21/h3-16H,17H2,1-2H3/b23-18+. The molecule has 0 aromatic heterocycles. The molecular formula is C22H22N2O. The second-order valence-electron chi connectivity index (χ2n) is 5.84. The van der Waals surface area contributed by atoms with Crippen LogP contribution in [-0.2, 0) is 6.42 Å². The molecule has 25 heavy (non-hydrogen) atoms. The smallest absolute Gasteiger partial charge is 0.118 e. The number of hydrogen-bond donors (Lipinski definition) is 0. The van der Waals surface area contributed by atoms with Crippen LogP contribution in [0.4, 0.5) is 11.4 Å². The topological polar surface area (TPSA) is 24.8 Å². The van der Waals surface area contributed by atoms with Crippen LogP contribution in [-0.4, -0.2) is 12.8 Å². The van der Waals surface area contributed by atoms with Crippen LogP contribution in [0.1, 0.15) is 12.5 Å². The largest absolute Gasteiger partial charge is 0.497 e. The Kier molecular flexibility index (Phi) is 5.47. The minimum absolute atomic E-state index is 0.792. The number of ether oxygens (including phenoxy) is 1. The lowest BCUT2D eigenvalue weighted by Gasteiger charge is -2.20. The molecule has 0 aliphatic heterocycles. The minimum Gasteiger partial charge on any atom is -0.497 e. The van der Waals surface area contributed by atoms with Crippen LogP contribution in [0.2, 0.25) is 0 Å². The molecule has 0 saturated carbocycles. The third kappa shape index (κ3) is 4.48. The van der Waals surface area contributed by atoms with Gasteiger partial charge in [0.25, 0.3) is 0 Å². The second kappa shape index (κ2) is 8.15. The van der Waals surface area contributed by atoms with Gasteiger partial charge in [-0.1, -0.05) is 48.5 Å². The molecule has 0 heterocycles. The maximum absolute atomic E-state index is 5.22. The van der Waals surface area contributed by atoms with E-state index in [1.807, 2.05) is 53.5 Å². The molecule has 0 aliphatic carbocycles. The van der Waals surface area contributed by atoms with Gasteiger partial charge in [0.1, 0.15) is 5.75 Å². The van der Waals surface area contributed by atoms with Crippen molar-refractivity contribution in [3.63, 3.8) is 0 Å². The van der Waals surface area contributed by atoms with Crippen molar-refractivity contribution in [3.8, 4) is 5.75 Å². The SMILES string of the molecule is COc1ccc(C/C(C)=N/N(c2ccccc2)c2ccccc2)cc1. The average Bonchev–Trinajstić information content (AvgIpc) is 2.68. The number of anilines is 2. The monoisotopic (exact) mass is 330 g/mol. The molecule has 0 radical (unpaired) electrons. The molecule has 0 N–H and O–H groups in total. The molecule has 3 nitrogen and oxygen atoms in total. The van der Waals surface area contributed by atoms with E-state index >= 15 is 0 Å². The zero-order chi connectivity index (χ0) is 17.5. The van der Waals surface area contributed by atoms with E-state index in [0.717, 1.165) is 29.3 Å². The number of hydrogen-bond acceptors (Lipinski definition) is 3. The molecule has 126 valence electrons. The third-order valence-corrected chi connectivity index (χ3v) is 3.89. The van der Waals surface area contributed by atoms with Gasteiger partial charge in [-0.25, -0.2) is 5.01 Å². The lowest BCUT2D eigenvalue weighted by molar-refractivity contribution is 0.414. The molecule has 0 bridgehead atoms. The number of methoxy groups -OCH3 is 1. The van der Waals surface area contributed by atoms with E-state index < -0.39 is 0 Å². The molecule has 3 aromatic carbocycles. The molecule has 3 rings (SSSR count). The molecule has 0 aliphatic rings. The van der Waals surface area contributed by atoms with E-state index in [0.29, 0.717) is 0 Å². The third-order valence-electron chi connectivity index (χ3n) is 3.89. The number of benzene rings is 3. The summed E-state index contributed by atoms with van der Waals surface area (Å²) < 4.78 is 5.22. The van der Waals surface area contributed by atoms with Crippen molar-refractivity contribution in [2.24, 2.45) is 5.10 Å². The number of nitrogens with zero attached hydrogens (tertiary/aromatic N) is 2. The average molecular weight is 330 g/mol. The lowest BCUT2D eigenvalue weighted by atomic mass is 10.1. The van der Waals surface area contributed by atoms with Crippen molar-refractivity contribution in [3.05, 3.63) is 90.5 Å². The molecule has 0 atom stereocenters. The van der Waals surface area contributed by atoms with Crippen molar-refractivity contribution >= 4 is 17.1 Å². The predicted molar refractivity (Wildman–Crippen MR) is 105 cm³/mol. The Balaban J connectivity index is 1.86. The lowest BCUT2D eigenvalue weighted by Crippen LogP contribution is -2.13. The highest BCUT2D eigenvalue weighted by Crippen LogP contribution is 2.25. The Hall–Kier alpha value is -3.07. The van der Waals surface area contributed by atoms with Crippen molar-refractivity contribution in [2.45, 2.75) is 13.3 Å². The maximum Gasteiger partial charge on any atom is 0.118 e. The summed E-state index contributed by atoms with van der Waals surface area (Å²) in [7, 11) is 1.68. The fourth-order valence-electron chi connectivity index (χ4n) is 2.65. The second-order valence-corrected chi connectivity index (χ2v) is 5.84. The summed E-state index contributed by atoms with van der Waals surface area (Å²) in [5.74, 6) is 0.869. The summed E-state index contributed by atoms with van der Waals surface area (Å²) in [5, 5.41) is 6.86. The Morgan fingerprint density at radius 2 is 1.32 bits per heavy atom. The first-order valence-corrected chi connectivity index (χ1v) is 8.33. The molecular weight excluding hydrogens is 308 g/mol.